The van der Waals surface area contributed by atoms with Crippen LogP contribution in [0.4, 0.5) is 0 Å². The number of aliphatic imine (C=N–C) groups is 1. The minimum atomic E-state index is -3.99. The number of furan rings is 1. The van der Waals surface area contributed by atoms with Crippen LogP contribution in [0.15, 0.2) is 37.0 Å². The second kappa shape index (κ2) is 8.32. The normalized spacial score (nSPS) is 25.1. The number of carbonyl (C=O) groups is 1. The van der Waals surface area contributed by atoms with Crippen molar-refractivity contribution in [2.45, 2.75) is 45.1 Å². The van der Waals surface area contributed by atoms with Gasteiger partial charge in [0.05, 0.1) is 5.70 Å². The lowest BCUT2D eigenvalue weighted by atomic mass is 9.85. The Morgan fingerprint density at radius 3 is 2.61 bits per heavy atom. The molecule has 0 fully saturated rings. The molecule has 1 aromatic rings. The quantitative estimate of drug-likeness (QED) is 0.605. The zero-order valence-corrected chi connectivity index (χ0v) is 19.8. The molecule has 2 aliphatic rings. The van der Waals surface area contributed by atoms with Gasteiger partial charge in [-0.2, -0.15) is 8.42 Å². The Morgan fingerprint density at radius 1 is 1.39 bits per heavy atom. The molecule has 2 unspecified atom stereocenters. The van der Waals surface area contributed by atoms with Crippen LogP contribution in [0, 0.1) is 12.3 Å². The molecule has 31 heavy (non-hydrogen) atoms. The molecular weight excluding hydrogens is 442 g/mol. The van der Waals surface area contributed by atoms with E-state index < -0.39 is 27.6 Å². The van der Waals surface area contributed by atoms with E-state index in [1.54, 1.807) is 25.6 Å². The molecule has 12 heteroatoms. The number of hydrogen-bond acceptors (Lipinski definition) is 8. The number of hydrogen-bond donors (Lipinski definition) is 3. The van der Waals surface area contributed by atoms with Crippen LogP contribution in [0.5, 0.6) is 0 Å². The van der Waals surface area contributed by atoms with E-state index in [0.717, 1.165) is 17.5 Å². The zero-order valence-electron chi connectivity index (χ0n) is 18.2. The van der Waals surface area contributed by atoms with Crippen LogP contribution in [-0.2, 0) is 15.0 Å². The third-order valence-corrected chi connectivity index (χ3v) is 6.68. The third-order valence-electron chi connectivity index (χ3n) is 4.66. The maximum absolute atomic E-state index is 12.2. The van der Waals surface area contributed by atoms with Gasteiger partial charge in [0, 0.05) is 14.1 Å². The first-order valence-electron chi connectivity index (χ1n) is 9.57. The summed E-state index contributed by atoms with van der Waals surface area (Å²) >= 11 is 1.15. The van der Waals surface area contributed by atoms with Crippen molar-refractivity contribution in [3.63, 3.8) is 0 Å². The molecule has 1 amide bonds. The fourth-order valence-corrected chi connectivity index (χ4v) is 5.01. The summed E-state index contributed by atoms with van der Waals surface area (Å²) in [4.78, 5) is 18.2. The first-order chi connectivity index (χ1) is 14.3. The van der Waals surface area contributed by atoms with E-state index in [-0.39, 0.29) is 28.7 Å². The van der Waals surface area contributed by atoms with Gasteiger partial charge in [0.15, 0.2) is 11.7 Å². The van der Waals surface area contributed by atoms with Crippen molar-refractivity contribution in [2.24, 2.45) is 14.8 Å². The highest BCUT2D eigenvalue weighted by molar-refractivity contribution is 8.03. The summed E-state index contributed by atoms with van der Waals surface area (Å²) in [5, 5.41) is 14.3. The number of aryl methyl sites for hydroxylation is 1. The van der Waals surface area contributed by atoms with Gasteiger partial charge >= 0.3 is 10.2 Å². The number of aliphatic hydroxyl groups excluding tert-OH is 1. The van der Waals surface area contributed by atoms with Crippen molar-refractivity contribution in [1.29, 1.82) is 0 Å². The second-order valence-electron chi connectivity index (χ2n) is 8.64. The summed E-state index contributed by atoms with van der Waals surface area (Å²) in [6.45, 7) is 7.71. The van der Waals surface area contributed by atoms with Gasteiger partial charge in [-0.25, -0.2) is 4.72 Å². The van der Waals surface area contributed by atoms with Crippen LogP contribution in [0.1, 0.15) is 38.3 Å². The lowest BCUT2D eigenvalue weighted by Gasteiger charge is -2.26. The van der Waals surface area contributed by atoms with Crippen LogP contribution in [0.25, 0.3) is 0 Å². The predicted octanol–water partition coefficient (Wildman–Crippen LogP) is 1.32. The molecule has 0 radical (unpaired) electrons. The minimum absolute atomic E-state index is 0.00876. The van der Waals surface area contributed by atoms with Crippen molar-refractivity contribution in [1.82, 2.24) is 14.9 Å². The Hall–Kier alpha value is -2.31. The smallest absolute Gasteiger partial charge is 0.345 e. The van der Waals surface area contributed by atoms with Crippen LogP contribution in [-0.4, -0.2) is 61.5 Å². The summed E-state index contributed by atoms with van der Waals surface area (Å²) in [6.07, 6.45) is -1.14. The Balaban J connectivity index is 1.90. The summed E-state index contributed by atoms with van der Waals surface area (Å²) in [7, 11) is -0.785. The predicted molar refractivity (Wildman–Crippen MR) is 120 cm³/mol. The highest BCUT2D eigenvalue weighted by Gasteiger charge is 2.38. The summed E-state index contributed by atoms with van der Waals surface area (Å²) in [6, 6.07) is 3.13. The van der Waals surface area contributed by atoms with Crippen LogP contribution in [0.3, 0.4) is 0 Å². The van der Waals surface area contributed by atoms with Crippen LogP contribution >= 0.6 is 11.8 Å². The first-order valence-corrected chi connectivity index (χ1v) is 12.0. The molecule has 0 saturated carbocycles. The van der Waals surface area contributed by atoms with E-state index in [1.807, 2.05) is 33.8 Å². The number of nitrogens with one attached hydrogen (secondary N) is 2. The van der Waals surface area contributed by atoms with Gasteiger partial charge in [0.1, 0.15) is 28.9 Å². The number of nitrogens with zero attached hydrogens (tertiary/aromatic N) is 3. The van der Waals surface area contributed by atoms with Crippen LogP contribution in [0.2, 0.25) is 0 Å². The van der Waals surface area contributed by atoms with Crippen molar-refractivity contribution in [2.75, 3.05) is 14.1 Å². The van der Waals surface area contributed by atoms with E-state index in [1.165, 1.54) is 4.90 Å². The lowest BCUT2D eigenvalue weighted by Crippen LogP contribution is -2.43. The third kappa shape index (κ3) is 5.13. The lowest BCUT2D eigenvalue weighted by molar-refractivity contribution is -0.129. The Kier molecular flexibility index (Phi) is 6.27. The minimum Gasteiger partial charge on any atom is -0.464 e. The van der Waals surface area contributed by atoms with Crippen molar-refractivity contribution >= 4 is 39.5 Å². The number of thioether (sulfide) groups is 1. The zero-order chi connectivity index (χ0) is 23.1. The maximum atomic E-state index is 12.2. The molecule has 0 bridgehead atoms. The Labute approximate surface area is 186 Å². The molecule has 0 aliphatic carbocycles. The van der Waals surface area contributed by atoms with Gasteiger partial charge in [-0.1, -0.05) is 20.8 Å². The number of rotatable bonds is 4. The molecule has 10 nitrogen and oxygen atoms in total. The average molecular weight is 470 g/mol. The Morgan fingerprint density at radius 2 is 2.06 bits per heavy atom. The SMILES string of the molecule is Cc1ccc([C@H](N=C2NS(=O)(=O)N=C2NC2=CSC(C(=O)N(C)C)C2O)C(C)(C)C)o1. The van der Waals surface area contributed by atoms with Gasteiger partial charge < -0.3 is 19.7 Å². The molecule has 0 aromatic carbocycles. The molecule has 0 spiro atoms. The van der Waals surface area contributed by atoms with E-state index in [9.17, 15) is 18.3 Å². The average Bonchev–Trinajstić information content (AvgIpc) is 3.29. The van der Waals surface area contributed by atoms with Gasteiger partial charge in [-0.3, -0.25) is 9.79 Å². The second-order valence-corrected chi connectivity index (χ2v) is 11.0. The van der Waals surface area contributed by atoms with Crippen LogP contribution < -0.4 is 10.0 Å². The molecule has 2 aliphatic heterocycles. The van der Waals surface area contributed by atoms with Gasteiger partial charge in [0.25, 0.3) is 0 Å². The number of amidine groups is 2. The van der Waals surface area contributed by atoms with Crippen molar-refractivity contribution in [3.05, 3.63) is 34.8 Å². The molecule has 3 heterocycles. The largest absolute Gasteiger partial charge is 0.464 e. The van der Waals surface area contributed by atoms with E-state index in [2.05, 4.69) is 19.4 Å². The standard InChI is InChI=1S/C19H27N5O5S2/c1-10-7-8-12(29-10)15(19(2,3)4)21-17-16(22-31(27,28)23-17)20-11-9-30-14(13(11)25)18(26)24(5)6/h7-9,13-15,25H,1-6H3,(H,20,22)(H,21,23)/t13?,14?,15-/m0/s1. The van der Waals surface area contributed by atoms with Crippen molar-refractivity contribution in [3.8, 4) is 0 Å². The fourth-order valence-electron chi connectivity index (χ4n) is 3.08. The van der Waals surface area contributed by atoms with E-state index in [0.29, 0.717) is 5.76 Å². The molecule has 170 valence electrons. The summed E-state index contributed by atoms with van der Waals surface area (Å²) in [5.41, 5.74) is -0.113. The highest BCUT2D eigenvalue weighted by Crippen LogP contribution is 2.37. The topological polar surface area (TPSA) is 137 Å². The van der Waals surface area contributed by atoms with Crippen molar-refractivity contribution < 1.29 is 22.7 Å². The maximum Gasteiger partial charge on any atom is 0.345 e. The molecule has 0 saturated heterocycles. The van der Waals surface area contributed by atoms with E-state index >= 15 is 0 Å². The number of carbonyl (C=O) groups excluding carboxylic acids is 1. The number of amides is 1. The summed E-state index contributed by atoms with van der Waals surface area (Å²) in [5.74, 6) is 1.02. The van der Waals surface area contributed by atoms with E-state index in [4.69, 9.17) is 4.42 Å². The monoisotopic (exact) mass is 469 g/mol. The van der Waals surface area contributed by atoms with Gasteiger partial charge in [0.2, 0.25) is 5.91 Å². The first kappa shape index (κ1) is 23.4. The molecular formula is C19H27N5O5S2. The van der Waals surface area contributed by atoms with Gasteiger partial charge in [-0.15, -0.1) is 16.2 Å². The fraction of sp³-hybridized carbons (Fsp3) is 0.526. The molecule has 3 N–H and O–H groups in total. The highest BCUT2D eigenvalue weighted by atomic mass is 32.2. The summed E-state index contributed by atoms with van der Waals surface area (Å²) < 4.78 is 36.1. The molecule has 1 aromatic heterocycles. The molecule has 3 atom stereocenters. The Bertz CT molecular complexity index is 1070. The number of aliphatic hydroxyl groups is 1. The molecule has 3 rings (SSSR count). The van der Waals surface area contributed by atoms with Gasteiger partial charge in [-0.05, 0) is 29.9 Å².